The summed E-state index contributed by atoms with van der Waals surface area (Å²) in [5.41, 5.74) is 5.16. The summed E-state index contributed by atoms with van der Waals surface area (Å²) in [6, 6.07) is 19.3. The largest absolute Gasteiger partial charge is 0.550 e. The van der Waals surface area contributed by atoms with Crippen LogP contribution in [0.1, 0.15) is 27.8 Å². The highest BCUT2D eigenvalue weighted by Gasteiger charge is 2.31. The molecule has 41 heavy (non-hydrogen) atoms. The monoisotopic (exact) mass is 603 g/mol. The van der Waals surface area contributed by atoms with Gasteiger partial charge in [-0.05, 0) is 59.0 Å². The first kappa shape index (κ1) is 32.0. The van der Waals surface area contributed by atoms with Gasteiger partial charge >= 0.3 is 12.5 Å². The number of amides is 1. The minimum Gasteiger partial charge on any atom is -0.496 e. The number of halogens is 3. The molecule has 1 amide bonds. The number of hydrogen-bond acceptors (Lipinski definition) is 5. The van der Waals surface area contributed by atoms with Crippen LogP contribution in [0.3, 0.4) is 0 Å². The Hall–Kier alpha value is -3.51. The van der Waals surface area contributed by atoms with Gasteiger partial charge in [0.15, 0.2) is 0 Å². The van der Waals surface area contributed by atoms with Gasteiger partial charge in [-0.2, -0.15) is 4.33 Å². The molecule has 0 atom stereocenters. The van der Waals surface area contributed by atoms with Crippen LogP contribution in [0.2, 0.25) is 25.7 Å². The highest BCUT2D eigenvalue weighted by molar-refractivity contribution is 7.94. The van der Waals surface area contributed by atoms with Gasteiger partial charge in [-0.3, -0.25) is 5.32 Å². The Morgan fingerprint density at radius 3 is 2.17 bits per heavy atom. The molecule has 0 fully saturated rings. The first-order valence-corrected chi connectivity index (χ1v) is 17.1. The number of rotatable bonds is 12. The number of alkyl halides is 3. The molecule has 0 saturated heterocycles. The molecule has 6 nitrogen and oxygen atoms in total. The third-order valence-corrected chi connectivity index (χ3v) is 8.19. The summed E-state index contributed by atoms with van der Waals surface area (Å²) in [6.07, 6.45) is 2.57. The Labute approximate surface area is 243 Å². The second-order valence-electron chi connectivity index (χ2n) is 10.3. The van der Waals surface area contributed by atoms with E-state index >= 15 is 0 Å². The lowest BCUT2D eigenvalue weighted by Gasteiger charge is -2.17. The number of benzene rings is 3. The molecule has 3 aromatic rings. The van der Waals surface area contributed by atoms with Crippen LogP contribution in [0.4, 0.5) is 23.7 Å². The number of nitrogens with one attached hydrogen (secondary N) is 1. The Balaban J connectivity index is 1.70. The molecule has 2 N–H and O–H groups in total. The Kier molecular flexibility index (Phi) is 11.2. The van der Waals surface area contributed by atoms with Crippen LogP contribution in [0.25, 0.3) is 24.3 Å². The van der Waals surface area contributed by atoms with Gasteiger partial charge in [0.05, 0.1) is 19.2 Å². The molecule has 0 radical (unpaired) electrons. The van der Waals surface area contributed by atoms with E-state index in [2.05, 4.69) is 34.2 Å². The summed E-state index contributed by atoms with van der Waals surface area (Å²) in [5.74, 6) is 0.681. The molecule has 0 heterocycles. The molecular weight excluding hydrogens is 571 g/mol. The second-order valence-corrected chi connectivity index (χ2v) is 16.7. The molecule has 0 aromatic heterocycles. The highest BCUT2D eigenvalue weighted by atomic mass is 32.2. The summed E-state index contributed by atoms with van der Waals surface area (Å²) in [6.45, 7) is 6.87. The zero-order chi connectivity index (χ0) is 30.0. The highest BCUT2D eigenvalue weighted by Crippen LogP contribution is 2.28. The van der Waals surface area contributed by atoms with Crippen LogP contribution in [-0.4, -0.2) is 32.7 Å². The van der Waals surface area contributed by atoms with Crippen molar-refractivity contribution in [3.63, 3.8) is 0 Å². The maximum atomic E-state index is 12.0. The van der Waals surface area contributed by atoms with Crippen LogP contribution in [-0.2, 0) is 15.6 Å². The zero-order valence-corrected chi connectivity index (χ0v) is 24.9. The number of carboxylic acid groups (broad SMARTS) is 1. The lowest BCUT2D eigenvalue weighted by Crippen LogP contribution is -2.20. The maximum Gasteiger partial charge on any atom is 0.550 e. The third-order valence-electron chi connectivity index (χ3n) is 5.84. The molecule has 0 unspecified atom stereocenters. The first-order valence-electron chi connectivity index (χ1n) is 12.7. The lowest BCUT2D eigenvalue weighted by molar-refractivity contribution is -0.440. The molecular formula is C30H32F3NO5SSi. The van der Waals surface area contributed by atoms with E-state index in [9.17, 15) is 23.1 Å². The molecule has 0 saturated carbocycles. The van der Waals surface area contributed by atoms with E-state index in [1.54, 1.807) is 37.4 Å². The molecule has 3 rings (SSSR count). The van der Waals surface area contributed by atoms with Gasteiger partial charge in [-0.15, -0.1) is 18.1 Å². The molecule has 3 aromatic carbocycles. The number of aryl methyl sites for hydroxylation is 1. The van der Waals surface area contributed by atoms with Crippen molar-refractivity contribution in [3.05, 3.63) is 88.5 Å². The molecule has 0 aliphatic rings. The van der Waals surface area contributed by atoms with Gasteiger partial charge in [0.1, 0.15) is 5.75 Å². The number of ether oxygens (including phenoxy) is 1. The van der Waals surface area contributed by atoms with E-state index in [4.69, 9.17) is 4.74 Å². The molecule has 0 spiro atoms. The van der Waals surface area contributed by atoms with Crippen molar-refractivity contribution < 1.29 is 37.0 Å². The fourth-order valence-corrected chi connectivity index (χ4v) is 5.20. The van der Waals surface area contributed by atoms with Crippen molar-refractivity contribution in [1.29, 1.82) is 0 Å². The molecule has 0 aliphatic carbocycles. The van der Waals surface area contributed by atoms with E-state index in [-0.39, 0.29) is 0 Å². The number of anilines is 1. The molecule has 218 valence electrons. The van der Waals surface area contributed by atoms with E-state index in [1.807, 2.05) is 54.6 Å². The lowest BCUT2D eigenvalue weighted by atomic mass is 10.0. The minimum atomic E-state index is -4.86. The van der Waals surface area contributed by atoms with E-state index < -0.39 is 20.5 Å². The smallest absolute Gasteiger partial charge is 0.496 e. The van der Waals surface area contributed by atoms with Gasteiger partial charge in [0.2, 0.25) is 0 Å². The van der Waals surface area contributed by atoms with Gasteiger partial charge in [0, 0.05) is 24.2 Å². The van der Waals surface area contributed by atoms with Crippen molar-refractivity contribution in [2.45, 2.75) is 43.4 Å². The average molecular weight is 604 g/mol. The van der Waals surface area contributed by atoms with Gasteiger partial charge in [-0.1, -0.05) is 80.3 Å². The second kappa shape index (κ2) is 14.4. The van der Waals surface area contributed by atoms with Crippen molar-refractivity contribution >= 4 is 56.2 Å². The van der Waals surface area contributed by atoms with Crippen molar-refractivity contribution in [2.24, 2.45) is 0 Å². The van der Waals surface area contributed by atoms with Gasteiger partial charge in [0.25, 0.3) is 0 Å². The molecule has 11 heteroatoms. The van der Waals surface area contributed by atoms with Gasteiger partial charge < -0.3 is 9.84 Å². The Bertz CT molecular complexity index is 1390. The quantitative estimate of drug-likeness (QED) is 0.0706. The van der Waals surface area contributed by atoms with E-state index in [1.165, 1.54) is 0 Å². The standard InChI is InChI=1S/C30H32F3NO5SSi/c1-37-28-20-23(6-5-21-9-14-26(15-10-21)40-39-38-30(31,32)33)8-13-24(28)12-7-22-11-16-27(34-29(35)36)25(19-22)17-18-41(2,3)4/h5-16,19-20,34H,17-18H2,1-4H3,(H,35,36). The molecule has 0 bridgehead atoms. The summed E-state index contributed by atoms with van der Waals surface area (Å²) >= 11 is 0.472. The number of methoxy groups -OCH3 is 1. The number of hydrogen-bond donors (Lipinski definition) is 2. The third kappa shape index (κ3) is 11.5. The Morgan fingerprint density at radius 2 is 1.54 bits per heavy atom. The van der Waals surface area contributed by atoms with Crippen molar-refractivity contribution in [3.8, 4) is 5.75 Å². The topological polar surface area (TPSA) is 77.0 Å². The van der Waals surface area contributed by atoms with Crippen LogP contribution in [0, 0.1) is 0 Å². The number of carbonyl (C=O) groups is 1. The maximum absolute atomic E-state index is 12.0. The fourth-order valence-electron chi connectivity index (χ4n) is 3.75. The van der Waals surface area contributed by atoms with Gasteiger partial charge in [-0.25, -0.2) is 4.79 Å². The summed E-state index contributed by atoms with van der Waals surface area (Å²) in [4.78, 5) is 15.0. The van der Waals surface area contributed by atoms with E-state index in [0.717, 1.165) is 40.3 Å². The van der Waals surface area contributed by atoms with Crippen LogP contribution in [0.5, 0.6) is 5.75 Å². The summed E-state index contributed by atoms with van der Waals surface area (Å²) in [7, 11) is 0.288. The summed E-state index contributed by atoms with van der Waals surface area (Å²) in [5, 5.41) is 11.7. The zero-order valence-electron chi connectivity index (χ0n) is 23.1. The normalized spacial score (nSPS) is 12.3. The van der Waals surface area contributed by atoms with Crippen molar-refractivity contribution in [1.82, 2.24) is 0 Å². The molecule has 0 aliphatic heterocycles. The average Bonchev–Trinajstić information content (AvgIpc) is 2.90. The van der Waals surface area contributed by atoms with Crippen LogP contribution < -0.4 is 10.1 Å². The predicted molar refractivity (Wildman–Crippen MR) is 161 cm³/mol. The first-order chi connectivity index (χ1) is 19.3. The Morgan fingerprint density at radius 1 is 0.927 bits per heavy atom. The minimum absolute atomic E-state index is 0.458. The predicted octanol–water partition coefficient (Wildman–Crippen LogP) is 9.48. The van der Waals surface area contributed by atoms with Crippen LogP contribution in [0.15, 0.2) is 65.6 Å². The van der Waals surface area contributed by atoms with Crippen LogP contribution >= 0.6 is 12.0 Å². The SMILES string of the molecule is COc1cc(C=Cc2ccc(SOOC(F)(F)F)cc2)ccc1C=Cc1ccc(NC(=O)O)c(CC[Si](C)(C)C)c1. The summed E-state index contributed by atoms with van der Waals surface area (Å²) < 4.78 is 45.7. The van der Waals surface area contributed by atoms with Crippen molar-refractivity contribution in [2.75, 3.05) is 12.4 Å². The van der Waals surface area contributed by atoms with E-state index in [0.29, 0.717) is 28.4 Å². The fraction of sp³-hybridized carbons (Fsp3) is 0.233.